The Bertz CT molecular complexity index is 733. The molecule has 1 atom stereocenters. The maximum atomic E-state index is 12.2. The monoisotopic (exact) mass is 327 g/mol. The van der Waals surface area contributed by atoms with Crippen molar-refractivity contribution in [2.75, 3.05) is 18.5 Å². The number of anilines is 1. The third kappa shape index (κ3) is 3.83. The first-order chi connectivity index (χ1) is 11.6. The predicted octanol–water partition coefficient (Wildman–Crippen LogP) is 2.19. The Balaban J connectivity index is 1.62. The van der Waals surface area contributed by atoms with Gasteiger partial charge in [0, 0.05) is 25.0 Å². The van der Waals surface area contributed by atoms with Crippen LogP contribution in [-0.4, -0.2) is 35.6 Å². The lowest BCUT2D eigenvalue weighted by Gasteiger charge is -2.11. The van der Waals surface area contributed by atoms with Gasteiger partial charge >= 0.3 is 5.97 Å². The van der Waals surface area contributed by atoms with Gasteiger partial charge in [0.25, 0.3) is 5.91 Å². The summed E-state index contributed by atoms with van der Waals surface area (Å²) in [5, 5.41) is 6.08. The van der Waals surface area contributed by atoms with Crippen LogP contribution in [0.1, 0.15) is 33.7 Å². The van der Waals surface area contributed by atoms with E-state index in [2.05, 4.69) is 10.6 Å². The maximum Gasteiger partial charge on any atom is 0.338 e. The van der Waals surface area contributed by atoms with Crippen molar-refractivity contribution in [1.29, 1.82) is 0 Å². The minimum absolute atomic E-state index is 0.219. The first kappa shape index (κ1) is 16.3. The number of hydrogen-bond acceptors (Lipinski definition) is 4. The average Bonchev–Trinajstić information content (AvgIpc) is 3.24. The highest BCUT2D eigenvalue weighted by Gasteiger charge is 2.17. The number of nitrogens with zero attached hydrogens (tertiary/aromatic N) is 1. The summed E-state index contributed by atoms with van der Waals surface area (Å²) in [5.41, 5.74) is 1.54. The van der Waals surface area contributed by atoms with Crippen LogP contribution < -0.4 is 10.6 Å². The third-order valence-corrected chi connectivity index (χ3v) is 4.11. The van der Waals surface area contributed by atoms with Crippen molar-refractivity contribution in [3.05, 3.63) is 53.9 Å². The molecular weight excluding hydrogens is 306 g/mol. The summed E-state index contributed by atoms with van der Waals surface area (Å²) in [5.74, 6) is -0.596. The van der Waals surface area contributed by atoms with Crippen molar-refractivity contribution in [1.82, 2.24) is 9.88 Å². The third-order valence-electron chi connectivity index (χ3n) is 4.11. The van der Waals surface area contributed by atoms with Crippen LogP contribution in [0.25, 0.3) is 0 Å². The van der Waals surface area contributed by atoms with Gasteiger partial charge in [0.2, 0.25) is 0 Å². The minimum Gasteiger partial charge on any atom is -0.460 e. The van der Waals surface area contributed by atoms with E-state index in [1.165, 1.54) is 0 Å². The fourth-order valence-corrected chi connectivity index (χ4v) is 2.77. The van der Waals surface area contributed by atoms with Gasteiger partial charge in [0.1, 0.15) is 12.3 Å². The van der Waals surface area contributed by atoms with Gasteiger partial charge in [-0.25, -0.2) is 4.79 Å². The van der Waals surface area contributed by atoms with Gasteiger partial charge in [-0.1, -0.05) is 6.07 Å². The molecule has 0 radical (unpaired) electrons. The molecule has 126 valence electrons. The summed E-state index contributed by atoms with van der Waals surface area (Å²) < 4.78 is 7.08. The first-order valence-electron chi connectivity index (χ1n) is 8.07. The van der Waals surface area contributed by atoms with E-state index < -0.39 is 0 Å². The Morgan fingerprint density at radius 1 is 1.33 bits per heavy atom. The molecule has 0 saturated carbocycles. The Morgan fingerprint density at radius 2 is 2.21 bits per heavy atom. The fourth-order valence-electron chi connectivity index (χ4n) is 2.77. The van der Waals surface area contributed by atoms with Crippen LogP contribution >= 0.6 is 0 Å². The van der Waals surface area contributed by atoms with Gasteiger partial charge in [-0.15, -0.1) is 0 Å². The SMILES string of the molecule is Cn1cccc1C(=O)Nc1cccc(C(=O)OC[C@@H]2CCCN2)c1. The van der Waals surface area contributed by atoms with E-state index in [4.69, 9.17) is 4.74 Å². The van der Waals surface area contributed by atoms with Crippen LogP contribution in [0.3, 0.4) is 0 Å². The van der Waals surface area contributed by atoms with Crippen molar-refractivity contribution in [2.45, 2.75) is 18.9 Å². The van der Waals surface area contributed by atoms with Crippen LogP contribution in [0.15, 0.2) is 42.6 Å². The summed E-state index contributed by atoms with van der Waals surface area (Å²) in [6.45, 7) is 1.35. The molecule has 3 rings (SSSR count). The number of hydrogen-bond donors (Lipinski definition) is 2. The van der Waals surface area contributed by atoms with Gasteiger partial charge in [-0.05, 0) is 49.7 Å². The first-order valence-corrected chi connectivity index (χ1v) is 8.07. The molecule has 6 nitrogen and oxygen atoms in total. The lowest BCUT2D eigenvalue weighted by atomic mass is 10.2. The zero-order chi connectivity index (χ0) is 16.9. The number of carbonyl (C=O) groups excluding carboxylic acids is 2. The molecular formula is C18H21N3O3. The van der Waals surface area contributed by atoms with Gasteiger partial charge in [-0.3, -0.25) is 4.79 Å². The zero-order valence-electron chi connectivity index (χ0n) is 13.6. The Hall–Kier alpha value is -2.60. The summed E-state index contributed by atoms with van der Waals surface area (Å²) in [4.78, 5) is 24.4. The van der Waals surface area contributed by atoms with E-state index in [0.717, 1.165) is 19.4 Å². The number of benzene rings is 1. The topological polar surface area (TPSA) is 72.4 Å². The van der Waals surface area contributed by atoms with E-state index in [1.54, 1.807) is 54.2 Å². The molecule has 0 aliphatic carbocycles. The fraction of sp³-hybridized carbons (Fsp3) is 0.333. The van der Waals surface area contributed by atoms with E-state index in [1.807, 2.05) is 0 Å². The number of amides is 1. The molecule has 2 heterocycles. The molecule has 0 unspecified atom stereocenters. The number of esters is 1. The molecule has 0 spiro atoms. The largest absolute Gasteiger partial charge is 0.460 e. The predicted molar refractivity (Wildman–Crippen MR) is 91.1 cm³/mol. The highest BCUT2D eigenvalue weighted by atomic mass is 16.5. The van der Waals surface area contributed by atoms with E-state index in [9.17, 15) is 9.59 Å². The lowest BCUT2D eigenvalue weighted by molar-refractivity contribution is 0.0473. The number of aryl methyl sites for hydroxylation is 1. The number of carbonyl (C=O) groups is 2. The molecule has 0 bridgehead atoms. The number of aromatic nitrogens is 1. The van der Waals surface area contributed by atoms with Crippen LogP contribution in [0.4, 0.5) is 5.69 Å². The Labute approximate surface area is 140 Å². The van der Waals surface area contributed by atoms with Crippen molar-refractivity contribution in [3.8, 4) is 0 Å². The number of ether oxygens (including phenoxy) is 1. The summed E-state index contributed by atoms with van der Waals surface area (Å²) in [6.07, 6.45) is 3.95. The van der Waals surface area contributed by atoms with Crippen LogP contribution in [-0.2, 0) is 11.8 Å². The molecule has 1 aromatic heterocycles. The van der Waals surface area contributed by atoms with Crippen molar-refractivity contribution in [2.24, 2.45) is 7.05 Å². The summed E-state index contributed by atoms with van der Waals surface area (Å²) in [7, 11) is 1.81. The Kier molecular flexibility index (Phi) is 4.96. The van der Waals surface area contributed by atoms with Crippen LogP contribution in [0.5, 0.6) is 0 Å². The van der Waals surface area contributed by atoms with Gasteiger partial charge < -0.3 is 19.9 Å². The maximum absolute atomic E-state index is 12.2. The highest BCUT2D eigenvalue weighted by molar-refractivity contribution is 6.03. The second-order valence-corrected chi connectivity index (χ2v) is 5.93. The normalized spacial score (nSPS) is 16.8. The number of nitrogens with one attached hydrogen (secondary N) is 2. The molecule has 1 aromatic carbocycles. The minimum atomic E-state index is -0.376. The molecule has 1 aliphatic heterocycles. The van der Waals surface area contributed by atoms with Crippen molar-refractivity contribution < 1.29 is 14.3 Å². The lowest BCUT2D eigenvalue weighted by Crippen LogP contribution is -2.28. The molecule has 6 heteroatoms. The highest BCUT2D eigenvalue weighted by Crippen LogP contribution is 2.14. The molecule has 1 saturated heterocycles. The summed E-state index contributed by atoms with van der Waals surface area (Å²) in [6, 6.07) is 10.6. The van der Waals surface area contributed by atoms with Crippen molar-refractivity contribution in [3.63, 3.8) is 0 Å². The molecule has 2 aromatic rings. The second-order valence-electron chi connectivity index (χ2n) is 5.93. The Morgan fingerprint density at radius 3 is 2.92 bits per heavy atom. The van der Waals surface area contributed by atoms with Gasteiger partial charge in [0.15, 0.2) is 0 Å². The van der Waals surface area contributed by atoms with Gasteiger partial charge in [0.05, 0.1) is 5.56 Å². The van der Waals surface area contributed by atoms with E-state index >= 15 is 0 Å². The quantitative estimate of drug-likeness (QED) is 0.826. The molecule has 24 heavy (non-hydrogen) atoms. The van der Waals surface area contributed by atoms with Crippen LogP contribution in [0.2, 0.25) is 0 Å². The van der Waals surface area contributed by atoms with Crippen molar-refractivity contribution >= 4 is 17.6 Å². The van der Waals surface area contributed by atoms with Crippen LogP contribution in [0, 0.1) is 0 Å². The molecule has 2 N–H and O–H groups in total. The second kappa shape index (κ2) is 7.31. The molecule has 1 aliphatic rings. The number of rotatable bonds is 5. The standard InChI is InChI=1S/C18H21N3O3/c1-21-10-4-8-16(21)17(22)20-14-6-2-5-13(11-14)18(23)24-12-15-7-3-9-19-15/h2,4-6,8,10-11,15,19H,3,7,9,12H2,1H3,(H,20,22)/t15-/m0/s1. The molecule has 1 amide bonds. The van der Waals surface area contributed by atoms with E-state index in [-0.39, 0.29) is 17.9 Å². The zero-order valence-corrected chi connectivity index (χ0v) is 13.6. The average molecular weight is 327 g/mol. The molecule has 1 fully saturated rings. The van der Waals surface area contributed by atoms with E-state index in [0.29, 0.717) is 23.6 Å². The van der Waals surface area contributed by atoms with Gasteiger partial charge in [-0.2, -0.15) is 0 Å². The smallest absolute Gasteiger partial charge is 0.338 e. The summed E-state index contributed by atoms with van der Waals surface area (Å²) >= 11 is 0.